The number of ether oxygens (including phenoxy) is 1. The van der Waals surface area contributed by atoms with Crippen LogP contribution in [0.3, 0.4) is 0 Å². The third-order valence-electron chi connectivity index (χ3n) is 3.10. The van der Waals surface area contributed by atoms with Crippen molar-refractivity contribution in [1.29, 1.82) is 0 Å². The van der Waals surface area contributed by atoms with Crippen molar-refractivity contribution in [2.45, 2.75) is 39.2 Å². The van der Waals surface area contributed by atoms with Gasteiger partial charge in [0, 0.05) is 26.0 Å². The molecular weight excluding hydrogens is 222 g/mol. The normalized spacial score (nSPS) is 21.9. The van der Waals surface area contributed by atoms with Crippen LogP contribution in [0.15, 0.2) is 0 Å². The second kappa shape index (κ2) is 6.59. The lowest BCUT2D eigenvalue weighted by molar-refractivity contribution is -0.154. The van der Waals surface area contributed by atoms with Gasteiger partial charge in [-0.3, -0.25) is 4.79 Å². The Morgan fingerprint density at radius 3 is 2.65 bits per heavy atom. The summed E-state index contributed by atoms with van der Waals surface area (Å²) in [5.74, 6) is -1.19. The summed E-state index contributed by atoms with van der Waals surface area (Å²) in [7, 11) is 0. The van der Waals surface area contributed by atoms with Gasteiger partial charge in [0.15, 0.2) is 0 Å². The molecule has 1 aliphatic rings. The molecule has 0 radical (unpaired) electrons. The molecule has 2 unspecified atom stereocenters. The van der Waals surface area contributed by atoms with Gasteiger partial charge >= 0.3 is 5.97 Å². The number of amides is 1. The van der Waals surface area contributed by atoms with E-state index in [1.807, 2.05) is 6.92 Å². The summed E-state index contributed by atoms with van der Waals surface area (Å²) in [6, 6.07) is -0.743. The molecule has 0 spiro atoms. The fraction of sp³-hybridized carbons (Fsp3) is 0.833. The summed E-state index contributed by atoms with van der Waals surface area (Å²) in [6.45, 7) is 4.98. The zero-order chi connectivity index (χ0) is 12.8. The Kier molecular flexibility index (Phi) is 5.41. The van der Waals surface area contributed by atoms with Crippen LogP contribution in [0.1, 0.15) is 33.1 Å². The van der Waals surface area contributed by atoms with E-state index in [-0.39, 0.29) is 11.8 Å². The molecule has 1 aliphatic heterocycles. The van der Waals surface area contributed by atoms with Crippen LogP contribution in [0.4, 0.5) is 0 Å². The minimum atomic E-state index is -0.927. The molecule has 0 aromatic heterocycles. The number of aliphatic carboxylic acids is 1. The van der Waals surface area contributed by atoms with Crippen LogP contribution in [0, 0.1) is 5.92 Å². The fourth-order valence-corrected chi connectivity index (χ4v) is 2.34. The van der Waals surface area contributed by atoms with Gasteiger partial charge in [-0.2, -0.15) is 0 Å². The molecule has 0 aliphatic carbocycles. The van der Waals surface area contributed by atoms with Crippen LogP contribution < -0.4 is 0 Å². The fourth-order valence-electron chi connectivity index (χ4n) is 2.34. The topological polar surface area (TPSA) is 66.8 Å². The molecule has 5 heteroatoms. The first-order chi connectivity index (χ1) is 8.07. The van der Waals surface area contributed by atoms with Gasteiger partial charge < -0.3 is 14.7 Å². The highest BCUT2D eigenvalue weighted by molar-refractivity contribution is 5.82. The van der Waals surface area contributed by atoms with Crippen LogP contribution >= 0.6 is 0 Å². The summed E-state index contributed by atoms with van der Waals surface area (Å²) >= 11 is 0. The second-order valence-corrected chi connectivity index (χ2v) is 4.47. The third-order valence-corrected chi connectivity index (χ3v) is 3.10. The summed E-state index contributed by atoms with van der Waals surface area (Å²) in [5.41, 5.74) is 0. The average Bonchev–Trinajstić information content (AvgIpc) is 2.29. The maximum Gasteiger partial charge on any atom is 0.326 e. The number of hydrogen-bond donors (Lipinski definition) is 1. The molecule has 98 valence electrons. The van der Waals surface area contributed by atoms with E-state index in [4.69, 9.17) is 4.74 Å². The van der Waals surface area contributed by atoms with E-state index >= 15 is 0 Å². The average molecular weight is 243 g/mol. The van der Waals surface area contributed by atoms with E-state index < -0.39 is 12.0 Å². The lowest BCUT2D eigenvalue weighted by Gasteiger charge is -2.35. The largest absolute Gasteiger partial charge is 0.480 e. The van der Waals surface area contributed by atoms with Crippen molar-refractivity contribution in [3.8, 4) is 0 Å². The Morgan fingerprint density at radius 1 is 1.53 bits per heavy atom. The van der Waals surface area contributed by atoms with Crippen LogP contribution in [-0.2, 0) is 14.3 Å². The maximum atomic E-state index is 11.5. The van der Waals surface area contributed by atoms with Crippen molar-refractivity contribution in [2.75, 3.05) is 19.8 Å². The summed E-state index contributed by atoms with van der Waals surface area (Å²) in [5, 5.41) is 9.32. The van der Waals surface area contributed by atoms with Gasteiger partial charge in [-0.1, -0.05) is 6.92 Å². The second-order valence-electron chi connectivity index (χ2n) is 4.47. The molecule has 0 saturated carbocycles. The van der Waals surface area contributed by atoms with E-state index in [0.717, 1.165) is 19.3 Å². The zero-order valence-electron chi connectivity index (χ0n) is 10.5. The number of nitrogens with zero attached hydrogens (tertiary/aromatic N) is 1. The summed E-state index contributed by atoms with van der Waals surface area (Å²) in [6.07, 6.45) is 2.44. The predicted molar refractivity (Wildman–Crippen MR) is 62.6 cm³/mol. The summed E-state index contributed by atoms with van der Waals surface area (Å²) < 4.78 is 5.32. The van der Waals surface area contributed by atoms with Crippen LogP contribution in [-0.4, -0.2) is 47.7 Å². The third kappa shape index (κ3) is 3.70. The quantitative estimate of drug-likeness (QED) is 0.786. The lowest BCUT2D eigenvalue weighted by atomic mass is 9.92. The van der Waals surface area contributed by atoms with Crippen LogP contribution in [0.2, 0.25) is 0 Å². The highest BCUT2D eigenvalue weighted by Crippen LogP contribution is 2.22. The van der Waals surface area contributed by atoms with Gasteiger partial charge in [-0.25, -0.2) is 4.79 Å². The number of carboxylic acids is 1. The van der Waals surface area contributed by atoms with Crippen molar-refractivity contribution in [3.63, 3.8) is 0 Å². The van der Waals surface area contributed by atoms with Gasteiger partial charge in [0.2, 0.25) is 5.91 Å². The highest BCUT2D eigenvalue weighted by Gasteiger charge is 2.35. The van der Waals surface area contributed by atoms with Crippen molar-refractivity contribution in [3.05, 3.63) is 0 Å². The molecule has 1 saturated heterocycles. The van der Waals surface area contributed by atoms with E-state index in [9.17, 15) is 14.7 Å². The monoisotopic (exact) mass is 243 g/mol. The Labute approximate surface area is 102 Å². The first-order valence-corrected chi connectivity index (χ1v) is 6.15. The van der Waals surface area contributed by atoms with Crippen molar-refractivity contribution in [1.82, 2.24) is 4.90 Å². The highest BCUT2D eigenvalue weighted by atomic mass is 16.5. The smallest absolute Gasteiger partial charge is 0.326 e. The van der Waals surface area contributed by atoms with Crippen LogP contribution in [0.25, 0.3) is 0 Å². The standard InChI is InChI=1S/C12H21NO4/c1-3-6-13(9(2)14)11(12(15)16)10-5-4-7-17-8-10/h10-11H,3-8H2,1-2H3,(H,15,16). The van der Waals surface area contributed by atoms with Gasteiger partial charge in [0.25, 0.3) is 0 Å². The molecule has 1 rings (SSSR count). The first kappa shape index (κ1) is 14.0. The van der Waals surface area contributed by atoms with Crippen molar-refractivity contribution >= 4 is 11.9 Å². The van der Waals surface area contributed by atoms with E-state index in [0.29, 0.717) is 19.8 Å². The van der Waals surface area contributed by atoms with Gasteiger partial charge in [0.05, 0.1) is 6.61 Å². The van der Waals surface area contributed by atoms with Crippen molar-refractivity contribution < 1.29 is 19.4 Å². The first-order valence-electron chi connectivity index (χ1n) is 6.15. The minimum absolute atomic E-state index is 0.0864. The Hall–Kier alpha value is -1.10. The summed E-state index contributed by atoms with van der Waals surface area (Å²) in [4.78, 5) is 24.4. The molecule has 0 aromatic rings. The molecule has 0 aromatic carbocycles. The molecule has 0 bridgehead atoms. The molecule has 5 nitrogen and oxygen atoms in total. The number of rotatable bonds is 5. The Morgan fingerprint density at radius 2 is 2.24 bits per heavy atom. The maximum absolute atomic E-state index is 11.5. The molecule has 1 amide bonds. The Balaban J connectivity index is 2.80. The molecular formula is C12H21NO4. The van der Waals surface area contributed by atoms with Gasteiger partial charge in [-0.05, 0) is 19.3 Å². The number of carbonyl (C=O) groups is 2. The van der Waals surface area contributed by atoms with E-state index in [1.54, 1.807) is 0 Å². The predicted octanol–water partition coefficient (Wildman–Crippen LogP) is 1.12. The number of carboxylic acid groups (broad SMARTS) is 1. The number of carbonyl (C=O) groups excluding carboxylic acids is 1. The molecule has 1 N–H and O–H groups in total. The SMILES string of the molecule is CCCN(C(C)=O)C(C(=O)O)C1CCCOC1. The molecule has 1 heterocycles. The van der Waals surface area contributed by atoms with E-state index in [2.05, 4.69) is 0 Å². The van der Waals surface area contributed by atoms with Gasteiger partial charge in [-0.15, -0.1) is 0 Å². The Bertz CT molecular complexity index is 274. The van der Waals surface area contributed by atoms with E-state index in [1.165, 1.54) is 11.8 Å². The van der Waals surface area contributed by atoms with Crippen molar-refractivity contribution in [2.24, 2.45) is 5.92 Å². The lowest BCUT2D eigenvalue weighted by Crippen LogP contribution is -2.50. The zero-order valence-corrected chi connectivity index (χ0v) is 10.5. The molecule has 1 fully saturated rings. The molecule has 2 atom stereocenters. The molecule has 17 heavy (non-hydrogen) atoms. The number of hydrogen-bond acceptors (Lipinski definition) is 3. The van der Waals surface area contributed by atoms with Crippen LogP contribution in [0.5, 0.6) is 0 Å². The van der Waals surface area contributed by atoms with Gasteiger partial charge in [0.1, 0.15) is 6.04 Å². The minimum Gasteiger partial charge on any atom is -0.480 e.